The maximum atomic E-state index is 8.89. The minimum atomic E-state index is 0.364. The zero-order valence-electron chi connectivity index (χ0n) is 15.3. The van der Waals surface area contributed by atoms with Crippen molar-refractivity contribution in [1.29, 1.82) is 0 Å². The highest BCUT2D eigenvalue weighted by atomic mass is 32.1. The molecule has 28 heavy (non-hydrogen) atoms. The van der Waals surface area contributed by atoms with Gasteiger partial charge in [0, 0.05) is 10.5 Å². The van der Waals surface area contributed by atoms with Crippen LogP contribution in [0.2, 0.25) is 0 Å². The van der Waals surface area contributed by atoms with Crippen molar-refractivity contribution in [3.63, 3.8) is 0 Å². The Bertz CT molecular complexity index is 1250. The van der Waals surface area contributed by atoms with E-state index in [1.165, 1.54) is 38.2 Å². The predicted molar refractivity (Wildman–Crippen MR) is 115 cm³/mol. The third-order valence-electron chi connectivity index (χ3n) is 5.94. The lowest BCUT2D eigenvalue weighted by molar-refractivity contribution is 0.456. The summed E-state index contributed by atoms with van der Waals surface area (Å²) >= 11 is 4.50. The number of aryl methyl sites for hydroxylation is 1. The molecule has 4 aromatic rings. The largest absolute Gasteiger partial charge is 0.458 e. The number of benzene rings is 3. The Kier molecular flexibility index (Phi) is 4.27. The minimum Gasteiger partial charge on any atom is -0.458 e. The molecule has 0 N–H and O–H groups in total. The van der Waals surface area contributed by atoms with Gasteiger partial charge in [-0.2, -0.15) is 0 Å². The van der Waals surface area contributed by atoms with Crippen LogP contribution in [0.1, 0.15) is 34.6 Å². The summed E-state index contributed by atoms with van der Waals surface area (Å²) in [6.45, 7) is 0.364. The van der Waals surface area contributed by atoms with E-state index in [1.54, 1.807) is 6.26 Å². The van der Waals surface area contributed by atoms with Crippen LogP contribution < -0.4 is 0 Å². The molecule has 138 valence electrons. The second-order valence-corrected chi connectivity index (χ2v) is 7.80. The first-order valence-corrected chi connectivity index (χ1v) is 9.93. The number of hydrogen-bond donors (Lipinski definition) is 1. The van der Waals surface area contributed by atoms with Crippen molar-refractivity contribution in [2.75, 3.05) is 0 Å². The van der Waals surface area contributed by atoms with E-state index >= 15 is 0 Å². The predicted octanol–water partition coefficient (Wildman–Crippen LogP) is 6.96. The Morgan fingerprint density at radius 2 is 2.04 bits per heavy atom. The van der Waals surface area contributed by atoms with E-state index in [-0.39, 0.29) is 0 Å². The van der Waals surface area contributed by atoms with Crippen LogP contribution in [0.5, 0.6) is 0 Å². The molecule has 1 aliphatic carbocycles. The van der Waals surface area contributed by atoms with Crippen molar-refractivity contribution in [2.24, 2.45) is 5.11 Å². The number of furan rings is 1. The van der Waals surface area contributed by atoms with Gasteiger partial charge in [0.15, 0.2) is 5.09 Å². The summed E-state index contributed by atoms with van der Waals surface area (Å²) in [5.41, 5.74) is 13.9. The van der Waals surface area contributed by atoms with E-state index in [0.29, 0.717) is 17.6 Å². The molecule has 5 rings (SSSR count). The van der Waals surface area contributed by atoms with Crippen LogP contribution in [0.4, 0.5) is 0 Å². The topological polar surface area (TPSA) is 61.9 Å². The van der Waals surface area contributed by atoms with Gasteiger partial charge in [0.05, 0.1) is 12.8 Å². The average Bonchev–Trinajstić information content (AvgIpc) is 3.17. The Labute approximate surface area is 168 Å². The first-order valence-electron chi connectivity index (χ1n) is 9.48. The maximum absolute atomic E-state index is 8.89. The number of rotatable bonds is 3. The molecule has 0 fully saturated rings. The molecule has 3 aromatic carbocycles. The first kappa shape index (κ1) is 17.2. The second kappa shape index (κ2) is 6.93. The molecule has 1 atom stereocenters. The van der Waals surface area contributed by atoms with Gasteiger partial charge in [-0.3, -0.25) is 0 Å². The summed E-state index contributed by atoms with van der Waals surface area (Å²) in [5, 5.41) is 9.50. The average molecular weight is 385 g/mol. The highest BCUT2D eigenvalue weighted by Crippen LogP contribution is 2.41. The van der Waals surface area contributed by atoms with Crippen molar-refractivity contribution in [1.82, 2.24) is 0 Å². The van der Waals surface area contributed by atoms with Crippen LogP contribution in [-0.2, 0) is 19.4 Å². The zero-order valence-corrected chi connectivity index (χ0v) is 16.2. The minimum absolute atomic E-state index is 0.364. The number of hydrogen-bond acceptors (Lipinski definition) is 3. The number of nitrogens with zero attached hydrogens (tertiary/aromatic N) is 3. The Morgan fingerprint density at radius 1 is 1.14 bits per heavy atom. The maximum Gasteiger partial charge on any atom is 0.160 e. The van der Waals surface area contributed by atoms with E-state index in [0.717, 1.165) is 24.8 Å². The molecule has 1 unspecified atom stereocenters. The van der Waals surface area contributed by atoms with Gasteiger partial charge in [0.25, 0.3) is 0 Å². The lowest BCUT2D eigenvalue weighted by Crippen LogP contribution is -2.13. The van der Waals surface area contributed by atoms with Crippen LogP contribution in [0.3, 0.4) is 0 Å². The monoisotopic (exact) mass is 385 g/mol. The molecule has 1 aliphatic rings. The van der Waals surface area contributed by atoms with Gasteiger partial charge in [-0.05, 0) is 75.0 Å². The van der Waals surface area contributed by atoms with Crippen molar-refractivity contribution in [3.05, 3.63) is 87.5 Å². The summed E-state index contributed by atoms with van der Waals surface area (Å²) in [4.78, 5) is 3.00. The van der Waals surface area contributed by atoms with Gasteiger partial charge in [-0.1, -0.05) is 47.6 Å². The third-order valence-corrected chi connectivity index (χ3v) is 6.31. The van der Waals surface area contributed by atoms with E-state index < -0.39 is 0 Å². The quantitative estimate of drug-likeness (QED) is 0.134. The Balaban J connectivity index is 1.76. The number of azide groups is 1. The molecule has 0 saturated carbocycles. The fourth-order valence-corrected chi connectivity index (χ4v) is 4.99. The molecular formula is C23H19N3OS. The van der Waals surface area contributed by atoms with Crippen molar-refractivity contribution >= 4 is 34.2 Å². The highest BCUT2D eigenvalue weighted by Gasteiger charge is 2.25. The van der Waals surface area contributed by atoms with Crippen molar-refractivity contribution in [2.45, 2.75) is 36.8 Å². The molecule has 1 aromatic heterocycles. The molecule has 0 amide bonds. The van der Waals surface area contributed by atoms with Gasteiger partial charge in [-0.25, -0.2) is 0 Å². The van der Waals surface area contributed by atoms with Gasteiger partial charge in [0.2, 0.25) is 0 Å². The molecule has 5 heteroatoms. The normalized spacial score (nSPS) is 16.1. The van der Waals surface area contributed by atoms with Gasteiger partial charge < -0.3 is 4.42 Å². The van der Waals surface area contributed by atoms with Crippen molar-refractivity contribution < 1.29 is 4.42 Å². The van der Waals surface area contributed by atoms with E-state index in [2.05, 4.69) is 59.1 Å². The Morgan fingerprint density at radius 3 is 2.86 bits per heavy atom. The molecule has 0 spiro atoms. The Hall–Kier alpha value is -2.88. The van der Waals surface area contributed by atoms with E-state index in [4.69, 9.17) is 9.95 Å². The standard InChI is InChI=1S/C23H19N3OS/c24-26-25-13-17-11-15-3-1-2-4-18(15)20-8-7-14-5-6-16(12-21(14)22(17)20)19-9-10-27-23(19)28/h1-4,7-11,16,28H,5-6,12-13H2. The summed E-state index contributed by atoms with van der Waals surface area (Å²) in [6.07, 6.45) is 4.78. The number of fused-ring (bicyclic) bond motifs is 5. The van der Waals surface area contributed by atoms with Crippen molar-refractivity contribution in [3.8, 4) is 0 Å². The molecule has 0 radical (unpaired) electrons. The van der Waals surface area contributed by atoms with Crippen LogP contribution in [0, 0.1) is 0 Å². The van der Waals surface area contributed by atoms with Crippen LogP contribution >= 0.6 is 12.6 Å². The number of thiol groups is 1. The highest BCUT2D eigenvalue weighted by molar-refractivity contribution is 7.80. The smallest absolute Gasteiger partial charge is 0.160 e. The van der Waals surface area contributed by atoms with Crippen LogP contribution in [0.25, 0.3) is 32.0 Å². The lowest BCUT2D eigenvalue weighted by Gasteiger charge is -2.27. The summed E-state index contributed by atoms with van der Waals surface area (Å²) in [7, 11) is 0. The molecule has 0 bridgehead atoms. The van der Waals surface area contributed by atoms with E-state index in [9.17, 15) is 0 Å². The molecule has 0 aliphatic heterocycles. The fraction of sp³-hybridized carbons (Fsp3) is 0.217. The SMILES string of the molecule is [N-]=[N+]=NCc1cc2ccccc2c2ccc3c(c12)CC(c1ccoc1S)CC3. The molecule has 1 heterocycles. The van der Waals surface area contributed by atoms with E-state index in [1.807, 2.05) is 12.1 Å². The van der Waals surface area contributed by atoms with Crippen LogP contribution in [0.15, 0.2) is 69.4 Å². The summed E-state index contributed by atoms with van der Waals surface area (Å²) in [5.74, 6) is 0.392. The summed E-state index contributed by atoms with van der Waals surface area (Å²) < 4.78 is 5.44. The fourth-order valence-electron chi connectivity index (χ4n) is 4.68. The van der Waals surface area contributed by atoms with Crippen LogP contribution in [-0.4, -0.2) is 0 Å². The molecule has 0 saturated heterocycles. The summed E-state index contributed by atoms with van der Waals surface area (Å²) in [6, 6.07) is 17.1. The van der Waals surface area contributed by atoms with Gasteiger partial charge in [0.1, 0.15) is 0 Å². The zero-order chi connectivity index (χ0) is 19.1. The second-order valence-electron chi connectivity index (χ2n) is 7.39. The molecule has 4 nitrogen and oxygen atoms in total. The van der Waals surface area contributed by atoms with Gasteiger partial charge >= 0.3 is 0 Å². The third kappa shape index (κ3) is 2.75. The molecular weight excluding hydrogens is 366 g/mol. The van der Waals surface area contributed by atoms with Gasteiger partial charge in [-0.15, -0.1) is 12.6 Å². The first-order chi connectivity index (χ1) is 13.8. The lowest BCUT2D eigenvalue weighted by atomic mass is 9.77.